The molecule has 1 aliphatic heterocycles. The van der Waals surface area contributed by atoms with Gasteiger partial charge in [-0.2, -0.15) is 5.10 Å². The Hall–Kier alpha value is -4.04. The summed E-state index contributed by atoms with van der Waals surface area (Å²) in [7, 11) is 0. The number of para-hydroxylation sites is 1. The summed E-state index contributed by atoms with van der Waals surface area (Å²) in [5.74, 6) is -1.59. The highest BCUT2D eigenvalue weighted by Gasteiger charge is 2.44. The molecule has 0 aliphatic carbocycles. The second kappa shape index (κ2) is 8.84. The minimum atomic E-state index is -0.808. The van der Waals surface area contributed by atoms with E-state index in [0.29, 0.717) is 17.7 Å². The smallest absolute Gasteiger partial charge is 0.263 e. The van der Waals surface area contributed by atoms with E-state index in [0.717, 1.165) is 25.9 Å². The Labute approximate surface area is 194 Å². The van der Waals surface area contributed by atoms with Crippen molar-refractivity contribution in [2.24, 2.45) is 0 Å². The van der Waals surface area contributed by atoms with Gasteiger partial charge in [0, 0.05) is 35.2 Å². The molecule has 0 N–H and O–H groups in total. The lowest BCUT2D eigenvalue weighted by Crippen LogP contribution is -2.34. The number of benzene rings is 2. The zero-order valence-corrected chi connectivity index (χ0v) is 18.4. The van der Waals surface area contributed by atoms with E-state index in [1.807, 2.05) is 78.2 Å². The van der Waals surface area contributed by atoms with E-state index < -0.39 is 17.8 Å². The molecule has 0 spiro atoms. The number of thiophene rings is 1. The molecule has 33 heavy (non-hydrogen) atoms. The van der Waals surface area contributed by atoms with Crippen molar-refractivity contribution in [3.63, 3.8) is 0 Å². The second-order valence-corrected chi connectivity index (χ2v) is 8.64. The first kappa shape index (κ1) is 20.8. The average Bonchev–Trinajstić information content (AvgIpc) is 3.57. The summed E-state index contributed by atoms with van der Waals surface area (Å²) in [6.45, 7) is 0.144. The zero-order chi connectivity index (χ0) is 22.8. The molecular weight excluding hydrogens is 436 g/mol. The molecule has 0 bridgehead atoms. The van der Waals surface area contributed by atoms with Crippen LogP contribution >= 0.6 is 11.3 Å². The molecule has 8 heteroatoms. The molecule has 2 aromatic heterocycles. The third-order valence-corrected chi connectivity index (χ3v) is 6.42. The van der Waals surface area contributed by atoms with Crippen molar-refractivity contribution in [2.45, 2.75) is 13.0 Å². The van der Waals surface area contributed by atoms with Gasteiger partial charge in [0.05, 0.1) is 17.9 Å². The van der Waals surface area contributed by atoms with Crippen LogP contribution < -0.4 is 0 Å². The molecular formula is C25H20N4O3S. The Bertz CT molecular complexity index is 1300. The SMILES string of the molecule is O=C1C(=O)N(Cc2cn(-c3ccccc3)nc2-c2ccccc2)C(=O)N1CCc1cccs1. The third kappa shape index (κ3) is 4.08. The molecule has 2 aromatic carbocycles. The van der Waals surface area contributed by atoms with Gasteiger partial charge >= 0.3 is 17.8 Å². The van der Waals surface area contributed by atoms with Crippen LogP contribution in [0.15, 0.2) is 84.4 Å². The van der Waals surface area contributed by atoms with Gasteiger partial charge in [0.1, 0.15) is 0 Å². The molecule has 4 aromatic rings. The Balaban J connectivity index is 1.44. The summed E-state index contributed by atoms with van der Waals surface area (Å²) < 4.78 is 1.72. The highest BCUT2D eigenvalue weighted by Crippen LogP contribution is 2.27. The maximum Gasteiger partial charge on any atom is 0.334 e. The van der Waals surface area contributed by atoms with E-state index in [4.69, 9.17) is 5.10 Å². The van der Waals surface area contributed by atoms with Gasteiger partial charge in [0.2, 0.25) is 0 Å². The summed E-state index contributed by atoms with van der Waals surface area (Å²) in [6.07, 6.45) is 2.33. The van der Waals surface area contributed by atoms with Crippen molar-refractivity contribution in [2.75, 3.05) is 6.54 Å². The van der Waals surface area contributed by atoms with Gasteiger partial charge in [-0.05, 0) is 23.6 Å². The Morgan fingerprint density at radius 3 is 2.18 bits per heavy atom. The fourth-order valence-corrected chi connectivity index (χ4v) is 4.51. The molecule has 0 saturated carbocycles. The number of imide groups is 2. The third-order valence-electron chi connectivity index (χ3n) is 5.48. The Morgan fingerprint density at radius 2 is 1.48 bits per heavy atom. The number of carbonyl (C=O) groups is 3. The molecule has 1 aliphatic rings. The topological polar surface area (TPSA) is 75.5 Å². The molecule has 1 saturated heterocycles. The first-order valence-electron chi connectivity index (χ1n) is 10.5. The van der Waals surface area contributed by atoms with Crippen LogP contribution in [0.5, 0.6) is 0 Å². The molecule has 0 atom stereocenters. The maximum atomic E-state index is 13.0. The minimum Gasteiger partial charge on any atom is -0.263 e. The van der Waals surface area contributed by atoms with Gasteiger partial charge in [-0.1, -0.05) is 54.6 Å². The van der Waals surface area contributed by atoms with Crippen LogP contribution in [0, 0.1) is 0 Å². The molecule has 0 radical (unpaired) electrons. The van der Waals surface area contributed by atoms with Crippen LogP contribution in [0.1, 0.15) is 10.4 Å². The Morgan fingerprint density at radius 1 is 0.788 bits per heavy atom. The van der Waals surface area contributed by atoms with Crippen molar-refractivity contribution < 1.29 is 14.4 Å². The van der Waals surface area contributed by atoms with Crippen molar-refractivity contribution in [1.82, 2.24) is 19.6 Å². The van der Waals surface area contributed by atoms with Crippen molar-refractivity contribution in [1.29, 1.82) is 0 Å². The predicted molar refractivity (Wildman–Crippen MR) is 125 cm³/mol. The molecule has 7 nitrogen and oxygen atoms in total. The highest BCUT2D eigenvalue weighted by molar-refractivity contribution is 7.09. The first-order chi connectivity index (χ1) is 16.1. The molecule has 4 amide bonds. The summed E-state index contributed by atoms with van der Waals surface area (Å²) in [5.41, 5.74) is 3.06. The van der Waals surface area contributed by atoms with Gasteiger partial charge < -0.3 is 0 Å². The standard InChI is InChI=1S/C25H20N4O3S/c30-23-24(31)28(25(32)27(23)14-13-21-12-7-15-33-21)16-19-17-29(20-10-5-2-6-11-20)26-22(19)18-8-3-1-4-9-18/h1-12,15,17H,13-14,16H2. The monoisotopic (exact) mass is 456 g/mol. The predicted octanol–water partition coefficient (Wildman–Crippen LogP) is 4.13. The molecule has 1 fully saturated rings. The van der Waals surface area contributed by atoms with Gasteiger partial charge in [0.15, 0.2) is 0 Å². The van der Waals surface area contributed by atoms with E-state index in [1.54, 1.807) is 22.2 Å². The van der Waals surface area contributed by atoms with E-state index in [1.165, 1.54) is 0 Å². The van der Waals surface area contributed by atoms with Crippen LogP contribution in [-0.4, -0.2) is 44.0 Å². The quantitative estimate of drug-likeness (QED) is 0.310. The second-order valence-electron chi connectivity index (χ2n) is 7.61. The normalized spacial score (nSPS) is 13.9. The van der Waals surface area contributed by atoms with Crippen LogP contribution in [0.2, 0.25) is 0 Å². The summed E-state index contributed by atoms with van der Waals surface area (Å²) in [6, 6.07) is 22.4. The number of amides is 4. The fourth-order valence-electron chi connectivity index (χ4n) is 3.81. The number of urea groups is 1. The van der Waals surface area contributed by atoms with Gasteiger partial charge in [-0.3, -0.25) is 19.4 Å². The summed E-state index contributed by atoms with van der Waals surface area (Å²) in [4.78, 5) is 41.4. The van der Waals surface area contributed by atoms with E-state index >= 15 is 0 Å². The van der Waals surface area contributed by atoms with E-state index in [2.05, 4.69) is 0 Å². The lowest BCUT2D eigenvalue weighted by Gasteiger charge is -2.15. The zero-order valence-electron chi connectivity index (χ0n) is 17.6. The minimum absolute atomic E-state index is 0.0318. The molecule has 164 valence electrons. The summed E-state index contributed by atoms with van der Waals surface area (Å²) >= 11 is 1.55. The number of aromatic nitrogens is 2. The van der Waals surface area contributed by atoms with Crippen LogP contribution in [-0.2, 0) is 22.6 Å². The lowest BCUT2D eigenvalue weighted by atomic mass is 10.1. The average molecular weight is 457 g/mol. The number of hydrogen-bond donors (Lipinski definition) is 0. The van der Waals surface area contributed by atoms with Gasteiger partial charge in [-0.25, -0.2) is 9.48 Å². The Kier molecular flexibility index (Phi) is 5.58. The molecule has 0 unspecified atom stereocenters. The lowest BCUT2D eigenvalue weighted by molar-refractivity contribution is -0.143. The van der Waals surface area contributed by atoms with E-state index in [-0.39, 0.29) is 13.1 Å². The highest BCUT2D eigenvalue weighted by atomic mass is 32.1. The number of carbonyl (C=O) groups excluding carboxylic acids is 3. The maximum absolute atomic E-state index is 13.0. The van der Waals surface area contributed by atoms with Crippen molar-refractivity contribution >= 4 is 29.2 Å². The van der Waals surface area contributed by atoms with Crippen LogP contribution in [0.3, 0.4) is 0 Å². The summed E-state index contributed by atoms with van der Waals surface area (Å²) in [5, 5.41) is 6.66. The number of rotatable bonds is 7. The fraction of sp³-hybridized carbons (Fsp3) is 0.120. The van der Waals surface area contributed by atoms with E-state index in [9.17, 15) is 14.4 Å². The van der Waals surface area contributed by atoms with Gasteiger partial charge in [-0.15, -0.1) is 11.3 Å². The molecule has 3 heterocycles. The van der Waals surface area contributed by atoms with Crippen molar-refractivity contribution in [3.05, 3.63) is 94.8 Å². The molecule has 5 rings (SSSR count). The van der Waals surface area contributed by atoms with Gasteiger partial charge in [0.25, 0.3) is 0 Å². The van der Waals surface area contributed by atoms with Crippen LogP contribution in [0.25, 0.3) is 16.9 Å². The number of hydrogen-bond acceptors (Lipinski definition) is 5. The largest absolute Gasteiger partial charge is 0.334 e. The van der Waals surface area contributed by atoms with Crippen LogP contribution in [0.4, 0.5) is 4.79 Å². The first-order valence-corrected chi connectivity index (χ1v) is 11.4. The number of nitrogens with zero attached hydrogens (tertiary/aromatic N) is 4. The van der Waals surface area contributed by atoms with Crippen molar-refractivity contribution in [3.8, 4) is 16.9 Å².